The zero-order valence-electron chi connectivity index (χ0n) is 13.1. The summed E-state index contributed by atoms with van der Waals surface area (Å²) in [5, 5.41) is 2.36. The van der Waals surface area contributed by atoms with E-state index in [1.807, 2.05) is 19.1 Å². The molecule has 2 heterocycles. The van der Waals surface area contributed by atoms with Crippen molar-refractivity contribution in [3.8, 4) is 10.6 Å². The molecule has 0 aliphatic heterocycles. The maximum atomic E-state index is 13.1. The largest absolute Gasteiger partial charge is 0.418 e. The van der Waals surface area contributed by atoms with Gasteiger partial charge >= 0.3 is 6.18 Å². The average molecular weight is 362 g/mol. The van der Waals surface area contributed by atoms with Crippen LogP contribution in [-0.2, 0) is 6.18 Å². The Balaban J connectivity index is 1.96. The van der Waals surface area contributed by atoms with Crippen molar-refractivity contribution in [2.45, 2.75) is 13.1 Å². The van der Waals surface area contributed by atoms with Gasteiger partial charge in [-0.15, -0.1) is 11.3 Å². The topological polar surface area (TPSA) is 42.0 Å². The number of rotatable bonds is 3. The second kappa shape index (κ2) is 6.68. The van der Waals surface area contributed by atoms with E-state index in [1.165, 1.54) is 29.5 Å². The van der Waals surface area contributed by atoms with Crippen LogP contribution in [0, 0.1) is 6.92 Å². The fourth-order valence-electron chi connectivity index (χ4n) is 2.38. The Morgan fingerprint density at radius 3 is 2.52 bits per heavy atom. The van der Waals surface area contributed by atoms with Gasteiger partial charge in [-0.25, -0.2) is 0 Å². The monoisotopic (exact) mass is 362 g/mol. The van der Waals surface area contributed by atoms with Gasteiger partial charge in [0.25, 0.3) is 5.91 Å². The number of aryl methyl sites for hydroxylation is 1. The lowest BCUT2D eigenvalue weighted by atomic mass is 10.1. The third-order valence-electron chi connectivity index (χ3n) is 3.51. The average Bonchev–Trinajstić information content (AvgIpc) is 3.01. The number of thiophene rings is 1. The fraction of sp³-hybridized carbons (Fsp3) is 0.111. The molecule has 1 aromatic carbocycles. The van der Waals surface area contributed by atoms with Gasteiger partial charge < -0.3 is 5.32 Å². The number of aromatic nitrogens is 1. The fourth-order valence-corrected chi connectivity index (χ4v) is 3.25. The third-order valence-corrected chi connectivity index (χ3v) is 4.51. The molecule has 3 rings (SSSR count). The maximum Gasteiger partial charge on any atom is 0.418 e. The van der Waals surface area contributed by atoms with Crippen LogP contribution in [0.15, 0.2) is 54.7 Å². The highest BCUT2D eigenvalue weighted by molar-refractivity contribution is 7.15. The molecule has 7 heteroatoms. The van der Waals surface area contributed by atoms with Crippen LogP contribution >= 0.6 is 11.3 Å². The molecule has 0 saturated heterocycles. The Hall–Kier alpha value is -2.67. The Morgan fingerprint density at radius 2 is 1.84 bits per heavy atom. The molecule has 0 unspecified atom stereocenters. The van der Waals surface area contributed by atoms with Crippen LogP contribution in [0.2, 0.25) is 0 Å². The molecule has 3 nitrogen and oxygen atoms in total. The lowest BCUT2D eigenvalue weighted by Gasteiger charge is -2.14. The molecule has 2 aromatic heterocycles. The molecule has 0 fully saturated rings. The van der Waals surface area contributed by atoms with E-state index in [0.717, 1.165) is 15.8 Å². The lowest BCUT2D eigenvalue weighted by molar-refractivity contribution is -0.136. The molecule has 0 aliphatic carbocycles. The molecule has 128 valence electrons. The van der Waals surface area contributed by atoms with E-state index in [4.69, 9.17) is 0 Å². The molecule has 0 atom stereocenters. The SMILES string of the molecule is Cc1ccc(-c2ncccc2C(=O)Nc2ccccc2C(F)(F)F)s1. The number of para-hydroxylation sites is 1. The Labute approximate surface area is 146 Å². The van der Waals surface area contributed by atoms with Crippen LogP contribution < -0.4 is 5.32 Å². The van der Waals surface area contributed by atoms with E-state index in [2.05, 4.69) is 10.3 Å². The predicted molar refractivity (Wildman–Crippen MR) is 91.7 cm³/mol. The van der Waals surface area contributed by atoms with Crippen molar-refractivity contribution >= 4 is 22.9 Å². The van der Waals surface area contributed by atoms with Crippen molar-refractivity contribution in [1.82, 2.24) is 4.98 Å². The van der Waals surface area contributed by atoms with Crippen molar-refractivity contribution in [1.29, 1.82) is 0 Å². The minimum atomic E-state index is -4.55. The molecule has 0 bridgehead atoms. The number of hydrogen-bond donors (Lipinski definition) is 1. The quantitative estimate of drug-likeness (QED) is 0.679. The zero-order valence-corrected chi connectivity index (χ0v) is 13.9. The van der Waals surface area contributed by atoms with E-state index in [-0.39, 0.29) is 11.3 Å². The minimum Gasteiger partial charge on any atom is -0.321 e. The number of pyridine rings is 1. The number of hydrogen-bond acceptors (Lipinski definition) is 3. The Morgan fingerprint density at radius 1 is 1.08 bits per heavy atom. The molecule has 0 saturated carbocycles. The van der Waals surface area contributed by atoms with E-state index in [9.17, 15) is 18.0 Å². The van der Waals surface area contributed by atoms with Crippen molar-refractivity contribution in [2.24, 2.45) is 0 Å². The second-order valence-electron chi connectivity index (χ2n) is 5.31. The van der Waals surface area contributed by atoms with E-state index >= 15 is 0 Å². The third kappa shape index (κ3) is 3.71. The smallest absolute Gasteiger partial charge is 0.321 e. The highest BCUT2D eigenvalue weighted by atomic mass is 32.1. The number of carbonyl (C=O) groups excluding carboxylic acids is 1. The van der Waals surface area contributed by atoms with Gasteiger partial charge in [-0.3, -0.25) is 9.78 Å². The Kier molecular flexibility index (Phi) is 4.59. The minimum absolute atomic E-state index is 0.223. The zero-order chi connectivity index (χ0) is 18.0. The second-order valence-corrected chi connectivity index (χ2v) is 6.60. The number of halogens is 3. The molecule has 0 spiro atoms. The molecule has 0 radical (unpaired) electrons. The first kappa shape index (κ1) is 17.2. The van der Waals surface area contributed by atoms with Crippen molar-refractivity contribution in [3.63, 3.8) is 0 Å². The van der Waals surface area contributed by atoms with Crippen molar-refractivity contribution in [2.75, 3.05) is 5.32 Å². The van der Waals surface area contributed by atoms with Crippen LogP contribution in [0.4, 0.5) is 18.9 Å². The summed E-state index contributed by atoms with van der Waals surface area (Å²) in [7, 11) is 0. The molecular weight excluding hydrogens is 349 g/mol. The summed E-state index contributed by atoms with van der Waals surface area (Å²) >= 11 is 1.46. The maximum absolute atomic E-state index is 13.1. The number of nitrogens with one attached hydrogen (secondary N) is 1. The van der Waals surface area contributed by atoms with Gasteiger partial charge in [0, 0.05) is 11.1 Å². The van der Waals surface area contributed by atoms with Gasteiger partial charge in [-0.05, 0) is 43.3 Å². The summed E-state index contributed by atoms with van der Waals surface area (Å²) < 4.78 is 39.3. The van der Waals surface area contributed by atoms with Crippen LogP contribution in [0.1, 0.15) is 20.8 Å². The summed E-state index contributed by atoms with van der Waals surface area (Å²) in [5.41, 5.74) is -0.498. The van der Waals surface area contributed by atoms with Crippen LogP contribution in [0.5, 0.6) is 0 Å². The first-order valence-corrected chi connectivity index (χ1v) is 8.17. The summed E-state index contributed by atoms with van der Waals surface area (Å²) in [6.45, 7) is 1.93. The van der Waals surface area contributed by atoms with Crippen molar-refractivity contribution in [3.05, 3.63) is 70.7 Å². The van der Waals surface area contributed by atoms with Crippen LogP contribution in [-0.4, -0.2) is 10.9 Å². The summed E-state index contributed by atoms with van der Waals surface area (Å²) in [4.78, 5) is 18.6. The summed E-state index contributed by atoms with van der Waals surface area (Å²) in [5.74, 6) is -0.633. The van der Waals surface area contributed by atoms with Gasteiger partial charge in [0.1, 0.15) is 0 Å². The van der Waals surface area contributed by atoms with Gasteiger partial charge in [-0.1, -0.05) is 12.1 Å². The van der Waals surface area contributed by atoms with Crippen molar-refractivity contribution < 1.29 is 18.0 Å². The number of anilines is 1. The normalized spacial score (nSPS) is 11.4. The van der Waals surface area contributed by atoms with E-state index in [1.54, 1.807) is 18.3 Å². The summed E-state index contributed by atoms with van der Waals surface area (Å²) in [6.07, 6.45) is -3.00. The van der Waals surface area contributed by atoms with Gasteiger partial charge in [0.15, 0.2) is 0 Å². The number of amides is 1. The molecule has 1 amide bonds. The van der Waals surface area contributed by atoms with Gasteiger partial charge in [0.05, 0.1) is 27.4 Å². The predicted octanol–water partition coefficient (Wildman–Crippen LogP) is 5.39. The van der Waals surface area contributed by atoms with Gasteiger partial charge in [0.2, 0.25) is 0 Å². The highest BCUT2D eigenvalue weighted by Crippen LogP contribution is 2.35. The van der Waals surface area contributed by atoms with E-state index in [0.29, 0.717) is 5.69 Å². The first-order chi connectivity index (χ1) is 11.9. The number of carbonyl (C=O) groups is 1. The van der Waals surface area contributed by atoms with Gasteiger partial charge in [-0.2, -0.15) is 13.2 Å². The molecule has 0 aliphatic rings. The van der Waals surface area contributed by atoms with Crippen LogP contribution in [0.3, 0.4) is 0 Å². The van der Waals surface area contributed by atoms with Crippen LogP contribution in [0.25, 0.3) is 10.6 Å². The number of benzene rings is 1. The number of alkyl halides is 3. The molecule has 1 N–H and O–H groups in total. The van der Waals surface area contributed by atoms with E-state index < -0.39 is 17.6 Å². The lowest BCUT2D eigenvalue weighted by Crippen LogP contribution is -2.17. The molecule has 3 aromatic rings. The standard InChI is InChI=1S/C18H13F3N2OS/c1-11-8-9-15(25-11)16-12(5-4-10-22-16)17(24)23-14-7-3-2-6-13(14)18(19,20)21/h2-10H,1H3,(H,23,24). The number of nitrogens with zero attached hydrogens (tertiary/aromatic N) is 1. The highest BCUT2D eigenvalue weighted by Gasteiger charge is 2.33. The first-order valence-electron chi connectivity index (χ1n) is 7.35. The molecule has 25 heavy (non-hydrogen) atoms. The molecular formula is C18H13F3N2OS. The summed E-state index contributed by atoms with van der Waals surface area (Å²) in [6, 6.07) is 11.7. The Bertz CT molecular complexity index is 918.